The molecule has 1 amide bonds. The van der Waals surface area contributed by atoms with Gasteiger partial charge < -0.3 is 10.1 Å². The molecule has 0 radical (unpaired) electrons. The Bertz CT molecular complexity index is 811. The Morgan fingerprint density at radius 2 is 2.04 bits per heavy atom. The quantitative estimate of drug-likeness (QED) is 0.604. The zero-order chi connectivity index (χ0) is 17.5. The van der Waals surface area contributed by atoms with Gasteiger partial charge in [-0.05, 0) is 61.0 Å². The summed E-state index contributed by atoms with van der Waals surface area (Å²) in [5.41, 5.74) is 0.991. The highest BCUT2D eigenvalue weighted by Crippen LogP contribution is 2.23. The van der Waals surface area contributed by atoms with Gasteiger partial charge >= 0.3 is 0 Å². The summed E-state index contributed by atoms with van der Waals surface area (Å²) < 4.78 is 19.1. The molecule has 0 unspecified atom stereocenters. The van der Waals surface area contributed by atoms with Gasteiger partial charge in [0.15, 0.2) is 0 Å². The molecule has 2 rings (SSSR count). The summed E-state index contributed by atoms with van der Waals surface area (Å²) in [7, 11) is 0. The van der Waals surface area contributed by atoms with Crippen LogP contribution in [0, 0.1) is 17.1 Å². The Balaban J connectivity index is 2.23. The molecule has 24 heavy (non-hydrogen) atoms. The molecule has 0 aliphatic carbocycles. The van der Waals surface area contributed by atoms with E-state index in [9.17, 15) is 14.4 Å². The van der Waals surface area contributed by atoms with Gasteiger partial charge in [-0.25, -0.2) is 4.39 Å². The Hall–Kier alpha value is -2.65. The molecule has 122 valence electrons. The molecular weight excluding hydrogens is 375 g/mol. The Labute approximate surface area is 147 Å². The normalized spacial score (nSPS) is 10.8. The van der Waals surface area contributed by atoms with Crippen molar-refractivity contribution in [2.45, 2.75) is 6.92 Å². The number of halogens is 2. The average molecular weight is 389 g/mol. The number of nitrogens with one attached hydrogen (secondary N) is 1. The van der Waals surface area contributed by atoms with Crippen LogP contribution < -0.4 is 10.1 Å². The first-order chi connectivity index (χ1) is 11.5. The predicted octanol–water partition coefficient (Wildman–Crippen LogP) is 4.53. The van der Waals surface area contributed by atoms with E-state index < -0.39 is 11.7 Å². The van der Waals surface area contributed by atoms with Gasteiger partial charge in [-0.15, -0.1) is 0 Å². The second-order valence-electron chi connectivity index (χ2n) is 4.78. The van der Waals surface area contributed by atoms with Crippen LogP contribution in [0.4, 0.5) is 10.1 Å². The van der Waals surface area contributed by atoms with Gasteiger partial charge in [-0.1, -0.05) is 15.9 Å². The van der Waals surface area contributed by atoms with Gasteiger partial charge in [0, 0.05) is 10.2 Å². The molecule has 6 heteroatoms. The third kappa shape index (κ3) is 4.93. The molecule has 0 saturated heterocycles. The summed E-state index contributed by atoms with van der Waals surface area (Å²) in [5, 5.41) is 11.8. The number of nitrogens with zero attached hydrogens (tertiary/aromatic N) is 1. The second kappa shape index (κ2) is 8.27. The SMILES string of the molecule is CCOc1cc(Br)cc(/C=C(\C#N)C(=O)Nc2ccc(F)cc2)c1. The zero-order valence-corrected chi connectivity index (χ0v) is 14.4. The van der Waals surface area contributed by atoms with E-state index in [1.165, 1.54) is 30.3 Å². The number of ether oxygens (including phenoxy) is 1. The molecule has 4 nitrogen and oxygen atoms in total. The van der Waals surface area contributed by atoms with Gasteiger partial charge in [0.2, 0.25) is 0 Å². The van der Waals surface area contributed by atoms with Crippen LogP contribution in [-0.2, 0) is 4.79 Å². The van der Waals surface area contributed by atoms with E-state index in [1.807, 2.05) is 13.0 Å². The summed E-state index contributed by atoms with van der Waals surface area (Å²) in [5.74, 6) is -0.335. The van der Waals surface area contributed by atoms with Crippen LogP contribution in [0.5, 0.6) is 5.75 Å². The summed E-state index contributed by atoms with van der Waals surface area (Å²) in [6, 6.07) is 12.5. The fourth-order valence-electron chi connectivity index (χ4n) is 1.96. The second-order valence-corrected chi connectivity index (χ2v) is 5.70. The highest BCUT2D eigenvalue weighted by molar-refractivity contribution is 9.10. The third-order valence-electron chi connectivity index (χ3n) is 2.98. The van der Waals surface area contributed by atoms with Crippen molar-refractivity contribution in [3.8, 4) is 11.8 Å². The first kappa shape index (κ1) is 17.7. The van der Waals surface area contributed by atoms with Crippen LogP contribution in [-0.4, -0.2) is 12.5 Å². The Morgan fingerprint density at radius 3 is 2.67 bits per heavy atom. The molecule has 0 spiro atoms. The van der Waals surface area contributed by atoms with Crippen molar-refractivity contribution in [3.63, 3.8) is 0 Å². The molecule has 2 aromatic rings. The first-order valence-corrected chi connectivity index (χ1v) is 7.93. The van der Waals surface area contributed by atoms with Crippen molar-refractivity contribution < 1.29 is 13.9 Å². The maximum Gasteiger partial charge on any atom is 0.266 e. The number of hydrogen-bond donors (Lipinski definition) is 1. The lowest BCUT2D eigenvalue weighted by Gasteiger charge is -2.06. The largest absolute Gasteiger partial charge is 0.494 e. The maximum absolute atomic E-state index is 12.9. The standard InChI is InChI=1S/C18H14BrFN2O2/c1-2-24-17-9-12(8-14(19)10-17)7-13(11-21)18(23)22-16-5-3-15(20)4-6-16/h3-10H,2H2,1H3,(H,22,23)/b13-7+. The fourth-order valence-corrected chi connectivity index (χ4v) is 2.45. The highest BCUT2D eigenvalue weighted by Gasteiger charge is 2.10. The topological polar surface area (TPSA) is 62.1 Å². The molecular formula is C18H14BrFN2O2. The summed E-state index contributed by atoms with van der Waals surface area (Å²) in [6.07, 6.45) is 1.46. The van der Waals surface area contributed by atoms with E-state index in [4.69, 9.17) is 4.74 Å². The van der Waals surface area contributed by atoms with Crippen molar-refractivity contribution in [1.29, 1.82) is 5.26 Å². The van der Waals surface area contributed by atoms with Gasteiger partial charge in [0.1, 0.15) is 23.2 Å². The molecule has 0 bridgehead atoms. The van der Waals surface area contributed by atoms with Gasteiger partial charge in [0.25, 0.3) is 5.91 Å². The number of carbonyl (C=O) groups is 1. The van der Waals surface area contributed by atoms with Gasteiger partial charge in [-0.2, -0.15) is 5.26 Å². The van der Waals surface area contributed by atoms with E-state index in [2.05, 4.69) is 21.2 Å². The molecule has 0 saturated carbocycles. The van der Waals surface area contributed by atoms with Gasteiger partial charge in [-0.3, -0.25) is 4.79 Å². The number of benzene rings is 2. The van der Waals surface area contributed by atoms with E-state index >= 15 is 0 Å². The number of anilines is 1. The molecule has 0 aliphatic rings. The van der Waals surface area contributed by atoms with E-state index in [0.717, 1.165) is 4.47 Å². The molecule has 0 atom stereocenters. The number of hydrogen-bond acceptors (Lipinski definition) is 3. The third-order valence-corrected chi connectivity index (χ3v) is 3.44. The summed E-state index contributed by atoms with van der Waals surface area (Å²) in [6.45, 7) is 2.38. The van der Waals surface area contributed by atoms with Crippen molar-refractivity contribution in [2.24, 2.45) is 0 Å². The smallest absolute Gasteiger partial charge is 0.266 e. The molecule has 2 aromatic carbocycles. The van der Waals surface area contributed by atoms with Crippen LogP contribution in [0.15, 0.2) is 52.5 Å². The average Bonchev–Trinajstić information content (AvgIpc) is 2.54. The van der Waals surface area contributed by atoms with Crippen LogP contribution in [0.3, 0.4) is 0 Å². The van der Waals surface area contributed by atoms with E-state index in [0.29, 0.717) is 23.6 Å². The van der Waals surface area contributed by atoms with Crippen LogP contribution in [0.25, 0.3) is 6.08 Å². The number of nitriles is 1. The van der Waals surface area contributed by atoms with Crippen molar-refractivity contribution in [2.75, 3.05) is 11.9 Å². The monoisotopic (exact) mass is 388 g/mol. The molecule has 1 N–H and O–H groups in total. The van der Waals surface area contributed by atoms with Crippen molar-refractivity contribution >= 4 is 33.6 Å². The lowest BCUT2D eigenvalue weighted by atomic mass is 10.1. The molecule has 0 aliphatic heterocycles. The van der Waals surface area contributed by atoms with Crippen LogP contribution >= 0.6 is 15.9 Å². The highest BCUT2D eigenvalue weighted by atomic mass is 79.9. The fraction of sp³-hybridized carbons (Fsp3) is 0.111. The summed E-state index contributed by atoms with van der Waals surface area (Å²) >= 11 is 3.36. The number of rotatable bonds is 5. The minimum atomic E-state index is -0.568. The Morgan fingerprint density at radius 1 is 1.33 bits per heavy atom. The number of carbonyl (C=O) groups excluding carboxylic acids is 1. The minimum absolute atomic E-state index is 0.0696. The van der Waals surface area contributed by atoms with E-state index in [-0.39, 0.29) is 5.57 Å². The zero-order valence-electron chi connectivity index (χ0n) is 12.8. The molecule has 0 heterocycles. The molecule has 0 aromatic heterocycles. The molecule has 0 fully saturated rings. The lowest BCUT2D eigenvalue weighted by molar-refractivity contribution is -0.112. The minimum Gasteiger partial charge on any atom is -0.494 e. The first-order valence-electron chi connectivity index (χ1n) is 7.14. The lowest BCUT2D eigenvalue weighted by Crippen LogP contribution is -2.13. The van der Waals surface area contributed by atoms with Crippen molar-refractivity contribution in [3.05, 3.63) is 63.9 Å². The van der Waals surface area contributed by atoms with Crippen LogP contribution in [0.1, 0.15) is 12.5 Å². The summed E-state index contributed by atoms with van der Waals surface area (Å²) in [4.78, 5) is 12.2. The Kier molecular flexibility index (Phi) is 6.10. The predicted molar refractivity (Wildman–Crippen MR) is 93.9 cm³/mol. The van der Waals surface area contributed by atoms with Crippen LogP contribution in [0.2, 0.25) is 0 Å². The van der Waals surface area contributed by atoms with E-state index in [1.54, 1.807) is 18.2 Å². The number of amides is 1. The van der Waals surface area contributed by atoms with Crippen molar-refractivity contribution in [1.82, 2.24) is 0 Å². The maximum atomic E-state index is 12.9. The van der Waals surface area contributed by atoms with Gasteiger partial charge in [0.05, 0.1) is 6.61 Å².